The van der Waals surface area contributed by atoms with Crippen molar-refractivity contribution in [3.63, 3.8) is 0 Å². The van der Waals surface area contributed by atoms with Crippen molar-refractivity contribution in [1.29, 1.82) is 0 Å². The highest BCUT2D eigenvalue weighted by Gasteiger charge is 1.93. The summed E-state index contributed by atoms with van der Waals surface area (Å²) in [7, 11) is 0. The molecule has 0 heterocycles. The minimum absolute atomic E-state index is 0.0976. The Hall–Kier alpha value is -1.10. The summed E-state index contributed by atoms with van der Waals surface area (Å²) in [5.74, 6) is -0.625. The maximum atomic E-state index is 10.3. The van der Waals surface area contributed by atoms with E-state index in [0.717, 1.165) is 0 Å². The van der Waals surface area contributed by atoms with Crippen LogP contribution in [0.3, 0.4) is 0 Å². The SMILES string of the molecule is CC(=O)NCCOCC(N)=O. The van der Waals surface area contributed by atoms with E-state index in [4.69, 9.17) is 10.5 Å². The Bertz CT molecular complexity index is 131. The molecule has 0 radical (unpaired) electrons. The maximum absolute atomic E-state index is 10.3. The van der Waals surface area contributed by atoms with Crippen molar-refractivity contribution < 1.29 is 14.3 Å². The van der Waals surface area contributed by atoms with E-state index in [2.05, 4.69) is 5.32 Å². The minimum atomic E-state index is -0.507. The van der Waals surface area contributed by atoms with Crippen LogP contribution < -0.4 is 11.1 Å². The van der Waals surface area contributed by atoms with E-state index < -0.39 is 5.91 Å². The first-order valence-corrected chi connectivity index (χ1v) is 3.23. The van der Waals surface area contributed by atoms with E-state index in [1.165, 1.54) is 6.92 Å². The number of hydrogen-bond acceptors (Lipinski definition) is 3. The summed E-state index contributed by atoms with van der Waals surface area (Å²) in [6, 6.07) is 0. The average molecular weight is 160 g/mol. The fourth-order valence-electron chi connectivity index (χ4n) is 0.472. The van der Waals surface area contributed by atoms with Crippen molar-refractivity contribution in [2.24, 2.45) is 5.73 Å². The van der Waals surface area contributed by atoms with Crippen molar-refractivity contribution in [2.75, 3.05) is 19.8 Å². The number of amides is 2. The van der Waals surface area contributed by atoms with Gasteiger partial charge in [0.05, 0.1) is 6.61 Å². The Labute approximate surface area is 64.9 Å². The van der Waals surface area contributed by atoms with Crippen LogP contribution in [0.1, 0.15) is 6.92 Å². The zero-order valence-corrected chi connectivity index (χ0v) is 6.42. The number of nitrogens with one attached hydrogen (secondary N) is 1. The lowest BCUT2D eigenvalue weighted by Gasteiger charge is -2.01. The molecule has 64 valence electrons. The summed E-state index contributed by atoms with van der Waals surface area (Å²) in [6.07, 6.45) is 0. The predicted molar refractivity (Wildman–Crippen MR) is 38.7 cm³/mol. The molecule has 0 saturated carbocycles. The molecule has 0 fully saturated rings. The highest BCUT2D eigenvalue weighted by atomic mass is 16.5. The van der Waals surface area contributed by atoms with Gasteiger partial charge in [0.2, 0.25) is 11.8 Å². The lowest BCUT2D eigenvalue weighted by Crippen LogP contribution is -2.26. The summed E-state index contributed by atoms with van der Waals surface area (Å²) >= 11 is 0. The highest BCUT2D eigenvalue weighted by molar-refractivity contribution is 5.75. The fourth-order valence-corrected chi connectivity index (χ4v) is 0.472. The van der Waals surface area contributed by atoms with Gasteiger partial charge in [0.1, 0.15) is 6.61 Å². The Morgan fingerprint density at radius 2 is 2.18 bits per heavy atom. The first-order valence-electron chi connectivity index (χ1n) is 3.23. The fraction of sp³-hybridized carbons (Fsp3) is 0.667. The molecule has 0 aliphatic rings. The third kappa shape index (κ3) is 8.90. The van der Waals surface area contributed by atoms with Gasteiger partial charge in [0.15, 0.2) is 0 Å². The van der Waals surface area contributed by atoms with Crippen LogP contribution in [-0.2, 0) is 14.3 Å². The van der Waals surface area contributed by atoms with Gasteiger partial charge in [-0.3, -0.25) is 9.59 Å². The molecule has 0 spiro atoms. The van der Waals surface area contributed by atoms with Gasteiger partial charge in [-0.2, -0.15) is 0 Å². The van der Waals surface area contributed by atoms with E-state index in [-0.39, 0.29) is 12.5 Å². The molecule has 11 heavy (non-hydrogen) atoms. The molecule has 0 unspecified atom stereocenters. The summed E-state index contributed by atoms with van der Waals surface area (Å²) in [5, 5.41) is 2.50. The molecule has 5 heteroatoms. The van der Waals surface area contributed by atoms with Crippen molar-refractivity contribution in [3.05, 3.63) is 0 Å². The summed E-state index contributed by atoms with van der Waals surface area (Å²) in [6.45, 7) is 2.03. The zero-order valence-electron chi connectivity index (χ0n) is 6.42. The monoisotopic (exact) mass is 160 g/mol. The van der Waals surface area contributed by atoms with Crippen LogP contribution in [0.2, 0.25) is 0 Å². The van der Waals surface area contributed by atoms with Gasteiger partial charge < -0.3 is 15.8 Å². The molecule has 0 aliphatic heterocycles. The normalized spacial score (nSPS) is 9.18. The van der Waals surface area contributed by atoms with Crippen molar-refractivity contribution in [1.82, 2.24) is 5.32 Å². The molecular weight excluding hydrogens is 148 g/mol. The van der Waals surface area contributed by atoms with Gasteiger partial charge in [0.25, 0.3) is 0 Å². The van der Waals surface area contributed by atoms with E-state index >= 15 is 0 Å². The van der Waals surface area contributed by atoms with Gasteiger partial charge in [-0.15, -0.1) is 0 Å². The molecule has 2 amide bonds. The molecule has 0 atom stereocenters. The van der Waals surface area contributed by atoms with Gasteiger partial charge in [-0.25, -0.2) is 0 Å². The second-order valence-corrected chi connectivity index (χ2v) is 2.00. The largest absolute Gasteiger partial charge is 0.370 e. The number of ether oxygens (including phenoxy) is 1. The number of nitrogens with two attached hydrogens (primary N) is 1. The Morgan fingerprint density at radius 3 is 2.64 bits per heavy atom. The van der Waals surface area contributed by atoms with Gasteiger partial charge in [-0.05, 0) is 0 Å². The molecule has 3 N–H and O–H groups in total. The molecule has 0 aliphatic carbocycles. The Morgan fingerprint density at radius 1 is 1.55 bits per heavy atom. The van der Waals surface area contributed by atoms with Gasteiger partial charge >= 0.3 is 0 Å². The van der Waals surface area contributed by atoms with Crippen molar-refractivity contribution in [3.8, 4) is 0 Å². The van der Waals surface area contributed by atoms with Gasteiger partial charge in [0, 0.05) is 13.5 Å². The highest BCUT2D eigenvalue weighted by Crippen LogP contribution is 1.71. The van der Waals surface area contributed by atoms with E-state index in [9.17, 15) is 9.59 Å². The van der Waals surface area contributed by atoms with Crippen LogP contribution in [0.4, 0.5) is 0 Å². The number of hydrogen-bond donors (Lipinski definition) is 2. The Kier molecular flexibility index (Phi) is 5.10. The molecule has 0 rings (SSSR count). The van der Waals surface area contributed by atoms with Gasteiger partial charge in [-0.1, -0.05) is 0 Å². The Balaban J connectivity index is 3.03. The second-order valence-electron chi connectivity index (χ2n) is 2.00. The first kappa shape index (κ1) is 9.90. The predicted octanol–water partition coefficient (Wildman–Crippen LogP) is -1.38. The van der Waals surface area contributed by atoms with Crippen LogP contribution in [0.15, 0.2) is 0 Å². The first-order chi connectivity index (χ1) is 5.13. The van der Waals surface area contributed by atoms with Crippen molar-refractivity contribution >= 4 is 11.8 Å². The average Bonchev–Trinajstić information content (AvgIpc) is 1.85. The topological polar surface area (TPSA) is 81.4 Å². The maximum Gasteiger partial charge on any atom is 0.243 e. The number of primary amides is 1. The second kappa shape index (κ2) is 5.67. The zero-order chi connectivity index (χ0) is 8.69. The molecular formula is C6H12N2O3. The lowest BCUT2D eigenvalue weighted by molar-refractivity contribution is -0.122. The molecule has 0 aromatic heterocycles. The summed E-state index contributed by atoms with van der Waals surface area (Å²) < 4.78 is 4.76. The van der Waals surface area contributed by atoms with Crippen LogP contribution >= 0.6 is 0 Å². The third-order valence-electron chi connectivity index (χ3n) is 0.865. The number of rotatable bonds is 5. The van der Waals surface area contributed by atoms with Crippen molar-refractivity contribution in [2.45, 2.75) is 6.92 Å². The molecule has 0 aromatic rings. The molecule has 0 aromatic carbocycles. The molecule has 5 nitrogen and oxygen atoms in total. The number of carbonyl (C=O) groups excluding carboxylic acids is 2. The number of carbonyl (C=O) groups is 2. The molecule has 0 bridgehead atoms. The van der Waals surface area contributed by atoms with Crippen LogP contribution in [0, 0.1) is 0 Å². The third-order valence-corrected chi connectivity index (χ3v) is 0.865. The van der Waals surface area contributed by atoms with Crippen LogP contribution in [0.5, 0.6) is 0 Å². The minimum Gasteiger partial charge on any atom is -0.370 e. The summed E-state index contributed by atoms with van der Waals surface area (Å²) in [5.41, 5.74) is 4.78. The summed E-state index contributed by atoms with van der Waals surface area (Å²) in [4.78, 5) is 20.4. The molecule has 0 saturated heterocycles. The van der Waals surface area contributed by atoms with Crippen LogP contribution in [-0.4, -0.2) is 31.6 Å². The quantitative estimate of drug-likeness (QED) is 0.486. The van der Waals surface area contributed by atoms with E-state index in [0.29, 0.717) is 13.2 Å². The van der Waals surface area contributed by atoms with E-state index in [1.807, 2.05) is 0 Å². The lowest BCUT2D eigenvalue weighted by atomic mass is 10.6. The smallest absolute Gasteiger partial charge is 0.243 e. The van der Waals surface area contributed by atoms with E-state index in [1.54, 1.807) is 0 Å². The van der Waals surface area contributed by atoms with Crippen LogP contribution in [0.25, 0.3) is 0 Å². The standard InChI is InChI=1S/C6H12N2O3/c1-5(9)8-2-3-11-4-6(7)10/h2-4H2,1H3,(H2,7,10)(H,8,9).